The van der Waals surface area contributed by atoms with E-state index in [0.29, 0.717) is 12.3 Å². The van der Waals surface area contributed by atoms with Gasteiger partial charge < -0.3 is 15.0 Å². The van der Waals surface area contributed by atoms with Crippen LogP contribution >= 0.6 is 0 Å². The zero-order chi connectivity index (χ0) is 11.5. The minimum atomic E-state index is 0.615. The van der Waals surface area contributed by atoms with Crippen molar-refractivity contribution in [1.29, 1.82) is 0 Å². The van der Waals surface area contributed by atoms with Crippen molar-refractivity contribution in [2.75, 3.05) is 12.3 Å². The topological polar surface area (TPSA) is 53.1 Å². The average Bonchev–Trinajstić information content (AvgIpc) is 2.65. The number of anilines is 1. The van der Waals surface area contributed by atoms with Crippen molar-refractivity contribution >= 4 is 5.69 Å². The van der Waals surface area contributed by atoms with Gasteiger partial charge in [0.15, 0.2) is 0 Å². The third-order valence-electron chi connectivity index (χ3n) is 2.27. The van der Waals surface area contributed by atoms with Gasteiger partial charge in [-0.1, -0.05) is 0 Å². The summed E-state index contributed by atoms with van der Waals surface area (Å²) in [5.74, 6) is 0.778. The van der Waals surface area contributed by atoms with E-state index in [2.05, 4.69) is 4.98 Å². The first-order valence-electron chi connectivity index (χ1n) is 5.24. The van der Waals surface area contributed by atoms with Crippen molar-refractivity contribution in [3.8, 4) is 11.4 Å². The normalized spacial score (nSPS) is 10.4. The lowest BCUT2D eigenvalue weighted by atomic mass is 10.2. The predicted octanol–water partition coefficient (Wildman–Crippen LogP) is 2.16. The molecule has 0 aliphatic rings. The zero-order valence-electron chi connectivity index (χ0n) is 9.47. The lowest BCUT2D eigenvalue weighted by Gasteiger charge is -2.11. The molecule has 1 aromatic heterocycles. The molecule has 0 radical (unpaired) electrons. The molecule has 0 atom stereocenters. The van der Waals surface area contributed by atoms with Crippen LogP contribution in [0.5, 0.6) is 5.75 Å². The van der Waals surface area contributed by atoms with Crippen molar-refractivity contribution in [2.45, 2.75) is 13.8 Å². The molecular weight excluding hydrogens is 202 g/mol. The van der Waals surface area contributed by atoms with Gasteiger partial charge in [-0.15, -0.1) is 0 Å². The highest BCUT2D eigenvalue weighted by Gasteiger charge is 2.06. The second-order valence-electron chi connectivity index (χ2n) is 3.58. The van der Waals surface area contributed by atoms with Gasteiger partial charge in [0.25, 0.3) is 0 Å². The molecule has 0 spiro atoms. The number of aryl methyl sites for hydroxylation is 1. The minimum absolute atomic E-state index is 0.615. The van der Waals surface area contributed by atoms with Gasteiger partial charge in [0, 0.05) is 18.0 Å². The Bertz CT molecular complexity index is 491. The van der Waals surface area contributed by atoms with Gasteiger partial charge in [0.05, 0.1) is 24.3 Å². The summed E-state index contributed by atoms with van der Waals surface area (Å²) in [5.41, 5.74) is 8.36. The molecule has 0 fully saturated rings. The van der Waals surface area contributed by atoms with E-state index in [4.69, 9.17) is 10.5 Å². The zero-order valence-corrected chi connectivity index (χ0v) is 9.47. The van der Waals surface area contributed by atoms with Crippen LogP contribution in [0, 0.1) is 6.92 Å². The van der Waals surface area contributed by atoms with Gasteiger partial charge in [0.2, 0.25) is 0 Å². The van der Waals surface area contributed by atoms with Gasteiger partial charge in [0.1, 0.15) is 5.75 Å². The van der Waals surface area contributed by atoms with E-state index in [0.717, 1.165) is 17.1 Å². The van der Waals surface area contributed by atoms with E-state index in [1.165, 1.54) is 0 Å². The summed E-state index contributed by atoms with van der Waals surface area (Å²) in [6.07, 6.45) is 3.72. The third kappa shape index (κ3) is 2.00. The number of nitrogens with zero attached hydrogens (tertiary/aromatic N) is 2. The Labute approximate surface area is 94.7 Å². The summed E-state index contributed by atoms with van der Waals surface area (Å²) in [5, 5.41) is 0. The number of hydrogen-bond acceptors (Lipinski definition) is 3. The Kier molecular flexibility index (Phi) is 2.81. The standard InChI is InChI=1S/C12H15N3O/c1-3-16-12-6-10(13)4-5-11(12)15-7-9(2)14-8-15/h4-8H,3,13H2,1-2H3. The molecule has 2 N–H and O–H groups in total. The van der Waals surface area contributed by atoms with E-state index in [9.17, 15) is 0 Å². The number of nitrogen functional groups attached to an aromatic ring is 1. The highest BCUT2D eigenvalue weighted by molar-refractivity contribution is 5.55. The number of hydrogen-bond donors (Lipinski definition) is 1. The second-order valence-corrected chi connectivity index (χ2v) is 3.58. The fourth-order valence-electron chi connectivity index (χ4n) is 1.57. The third-order valence-corrected chi connectivity index (χ3v) is 2.27. The summed E-state index contributed by atoms with van der Waals surface area (Å²) in [6, 6.07) is 5.61. The smallest absolute Gasteiger partial charge is 0.145 e. The van der Waals surface area contributed by atoms with Crippen LogP contribution in [0.3, 0.4) is 0 Å². The molecule has 0 saturated heterocycles. The SMILES string of the molecule is CCOc1cc(N)ccc1-n1cnc(C)c1. The Morgan fingerprint density at radius 2 is 2.25 bits per heavy atom. The summed E-state index contributed by atoms with van der Waals surface area (Å²) in [6.45, 7) is 4.52. The number of benzene rings is 1. The van der Waals surface area contributed by atoms with E-state index >= 15 is 0 Å². The molecule has 4 nitrogen and oxygen atoms in total. The van der Waals surface area contributed by atoms with E-state index in [1.807, 2.05) is 42.8 Å². The first-order valence-corrected chi connectivity index (χ1v) is 5.24. The van der Waals surface area contributed by atoms with Crippen LogP contribution in [0.25, 0.3) is 5.69 Å². The Hall–Kier alpha value is -1.97. The van der Waals surface area contributed by atoms with Gasteiger partial charge in [-0.3, -0.25) is 0 Å². The number of ether oxygens (including phenoxy) is 1. The summed E-state index contributed by atoms with van der Waals surface area (Å²) in [7, 11) is 0. The van der Waals surface area contributed by atoms with Gasteiger partial charge in [-0.25, -0.2) is 4.98 Å². The largest absolute Gasteiger partial charge is 0.492 e. The quantitative estimate of drug-likeness (QED) is 0.801. The van der Waals surface area contributed by atoms with E-state index in [-0.39, 0.29) is 0 Å². The van der Waals surface area contributed by atoms with Crippen LogP contribution in [0.15, 0.2) is 30.7 Å². The molecule has 1 aromatic carbocycles. The van der Waals surface area contributed by atoms with Crippen LogP contribution in [-0.2, 0) is 0 Å². The van der Waals surface area contributed by atoms with Crippen molar-refractivity contribution in [2.24, 2.45) is 0 Å². The monoisotopic (exact) mass is 217 g/mol. The Balaban J connectivity index is 2.47. The first kappa shape index (κ1) is 10.5. The fraction of sp³-hybridized carbons (Fsp3) is 0.250. The first-order chi connectivity index (χ1) is 7.70. The molecule has 0 unspecified atom stereocenters. The highest BCUT2D eigenvalue weighted by atomic mass is 16.5. The maximum Gasteiger partial charge on any atom is 0.145 e. The number of nitrogens with two attached hydrogens (primary N) is 1. The molecule has 16 heavy (non-hydrogen) atoms. The van der Waals surface area contributed by atoms with Crippen LogP contribution in [-0.4, -0.2) is 16.2 Å². The molecule has 4 heteroatoms. The molecule has 2 rings (SSSR count). The second kappa shape index (κ2) is 4.26. The molecular formula is C12H15N3O. The molecule has 2 aromatic rings. The van der Waals surface area contributed by atoms with Gasteiger partial charge in [-0.2, -0.15) is 0 Å². The molecule has 0 aliphatic heterocycles. The molecule has 0 saturated carbocycles. The van der Waals surface area contributed by atoms with Crippen LogP contribution in [0.4, 0.5) is 5.69 Å². The molecule has 0 bridgehead atoms. The lowest BCUT2D eigenvalue weighted by molar-refractivity contribution is 0.339. The van der Waals surface area contributed by atoms with E-state index < -0.39 is 0 Å². The van der Waals surface area contributed by atoms with Crippen molar-refractivity contribution in [1.82, 2.24) is 9.55 Å². The summed E-state index contributed by atoms with van der Waals surface area (Å²) < 4.78 is 7.48. The summed E-state index contributed by atoms with van der Waals surface area (Å²) >= 11 is 0. The van der Waals surface area contributed by atoms with Gasteiger partial charge >= 0.3 is 0 Å². The molecule has 0 amide bonds. The Morgan fingerprint density at radius 3 is 2.88 bits per heavy atom. The van der Waals surface area contributed by atoms with Crippen molar-refractivity contribution < 1.29 is 4.74 Å². The predicted molar refractivity (Wildman–Crippen MR) is 63.9 cm³/mol. The maximum atomic E-state index is 5.74. The molecule has 0 aliphatic carbocycles. The molecule has 1 heterocycles. The average molecular weight is 217 g/mol. The number of rotatable bonds is 3. The minimum Gasteiger partial charge on any atom is -0.492 e. The maximum absolute atomic E-state index is 5.74. The van der Waals surface area contributed by atoms with Crippen molar-refractivity contribution in [3.05, 3.63) is 36.4 Å². The lowest BCUT2D eigenvalue weighted by Crippen LogP contribution is -2.00. The van der Waals surface area contributed by atoms with Gasteiger partial charge in [-0.05, 0) is 26.0 Å². The van der Waals surface area contributed by atoms with Crippen LogP contribution in [0.1, 0.15) is 12.6 Å². The van der Waals surface area contributed by atoms with E-state index in [1.54, 1.807) is 6.33 Å². The Morgan fingerprint density at radius 1 is 1.44 bits per heavy atom. The van der Waals surface area contributed by atoms with Crippen molar-refractivity contribution in [3.63, 3.8) is 0 Å². The number of imidazole rings is 1. The van der Waals surface area contributed by atoms with Crippen LogP contribution < -0.4 is 10.5 Å². The fourth-order valence-corrected chi connectivity index (χ4v) is 1.57. The molecule has 84 valence electrons. The summed E-state index contributed by atoms with van der Waals surface area (Å²) in [4.78, 5) is 4.19. The van der Waals surface area contributed by atoms with Crippen LogP contribution in [0.2, 0.25) is 0 Å². The number of aromatic nitrogens is 2. The highest BCUT2D eigenvalue weighted by Crippen LogP contribution is 2.25.